The summed E-state index contributed by atoms with van der Waals surface area (Å²) in [5.41, 5.74) is 0.601. The second-order valence-corrected chi connectivity index (χ2v) is 6.09. The van der Waals surface area contributed by atoms with Gasteiger partial charge in [0.1, 0.15) is 11.6 Å². The van der Waals surface area contributed by atoms with Gasteiger partial charge < -0.3 is 0 Å². The largest absolute Gasteiger partial charge is 0.299 e. The summed E-state index contributed by atoms with van der Waals surface area (Å²) < 4.78 is 0. The number of rotatable bonds is 6. The summed E-state index contributed by atoms with van der Waals surface area (Å²) in [5, 5.41) is 0. The summed E-state index contributed by atoms with van der Waals surface area (Å²) in [6.45, 7) is 1.81. The Labute approximate surface area is 127 Å². The first-order valence-electron chi connectivity index (χ1n) is 7.88. The van der Waals surface area contributed by atoms with E-state index in [1.54, 1.807) is 0 Å². The number of Topliss-reactive ketones (excluding diaryl/α,β-unsaturated/α-hetero) is 2. The number of hydrogen-bond donors (Lipinski definition) is 0. The molecule has 1 aliphatic rings. The number of hydrogen-bond acceptors (Lipinski definition) is 2. The van der Waals surface area contributed by atoms with E-state index < -0.39 is 5.41 Å². The van der Waals surface area contributed by atoms with E-state index in [0.717, 1.165) is 25.7 Å². The van der Waals surface area contributed by atoms with E-state index in [0.29, 0.717) is 19.3 Å². The Morgan fingerprint density at radius 3 is 2.38 bits per heavy atom. The zero-order valence-corrected chi connectivity index (χ0v) is 12.8. The zero-order chi connectivity index (χ0) is 15.1. The van der Waals surface area contributed by atoms with Gasteiger partial charge >= 0.3 is 0 Å². The molecule has 1 aromatic carbocycles. The summed E-state index contributed by atoms with van der Waals surface area (Å²) in [5.74, 6) is 0.236. The van der Waals surface area contributed by atoms with Gasteiger partial charge in [-0.3, -0.25) is 9.59 Å². The van der Waals surface area contributed by atoms with Crippen molar-refractivity contribution in [1.29, 1.82) is 0 Å². The van der Waals surface area contributed by atoms with Crippen molar-refractivity contribution in [3.8, 4) is 0 Å². The fraction of sp³-hybridized carbons (Fsp3) is 0.474. The lowest BCUT2D eigenvalue weighted by Crippen LogP contribution is -2.39. The monoisotopic (exact) mass is 284 g/mol. The predicted molar refractivity (Wildman–Crippen MR) is 85.1 cm³/mol. The van der Waals surface area contributed by atoms with Gasteiger partial charge in [-0.2, -0.15) is 0 Å². The number of unbranched alkanes of at least 4 members (excludes halogenated alkanes) is 1. The molecule has 0 amide bonds. The second-order valence-electron chi connectivity index (χ2n) is 6.09. The molecular weight excluding hydrogens is 260 g/mol. The van der Waals surface area contributed by atoms with Crippen LogP contribution in [-0.2, 0) is 16.0 Å². The Hall–Kier alpha value is -1.70. The molecule has 112 valence electrons. The Kier molecular flexibility index (Phi) is 5.49. The normalized spacial score (nSPS) is 18.3. The first-order chi connectivity index (χ1) is 10.1. The summed E-state index contributed by atoms with van der Waals surface area (Å²) >= 11 is 0. The van der Waals surface area contributed by atoms with E-state index in [2.05, 4.69) is 30.3 Å². The Balaban J connectivity index is 1.75. The molecule has 0 N–H and O–H groups in total. The highest BCUT2D eigenvalue weighted by Gasteiger charge is 2.41. The smallest absolute Gasteiger partial charge is 0.146 e. The molecule has 1 aromatic rings. The van der Waals surface area contributed by atoms with Crippen LogP contribution in [0.25, 0.3) is 0 Å². The highest BCUT2D eigenvalue weighted by atomic mass is 16.2. The molecule has 2 nitrogen and oxygen atoms in total. The van der Waals surface area contributed by atoms with Crippen LogP contribution in [0, 0.1) is 5.41 Å². The van der Waals surface area contributed by atoms with Crippen molar-refractivity contribution in [3.05, 3.63) is 48.0 Å². The fourth-order valence-electron chi connectivity index (χ4n) is 2.85. The topological polar surface area (TPSA) is 34.1 Å². The van der Waals surface area contributed by atoms with Crippen molar-refractivity contribution in [2.24, 2.45) is 5.41 Å². The molecule has 0 saturated heterocycles. The molecule has 0 heterocycles. The quantitative estimate of drug-likeness (QED) is 0.444. The van der Waals surface area contributed by atoms with Crippen LogP contribution in [0.15, 0.2) is 42.5 Å². The number of benzene rings is 1. The van der Waals surface area contributed by atoms with Gasteiger partial charge in [0.15, 0.2) is 0 Å². The van der Waals surface area contributed by atoms with Crippen molar-refractivity contribution in [3.63, 3.8) is 0 Å². The SMILES string of the molecule is CC1(C/C=C/CCCc2ccccc2)C(=O)CCCC1=O. The van der Waals surface area contributed by atoms with Crippen LogP contribution in [0.2, 0.25) is 0 Å². The minimum atomic E-state index is -0.756. The van der Waals surface area contributed by atoms with Gasteiger partial charge in [-0.1, -0.05) is 42.5 Å². The van der Waals surface area contributed by atoms with Gasteiger partial charge in [0.25, 0.3) is 0 Å². The molecule has 0 spiro atoms. The lowest BCUT2D eigenvalue weighted by Gasteiger charge is -2.29. The average Bonchev–Trinajstić information content (AvgIpc) is 2.50. The van der Waals surface area contributed by atoms with Gasteiger partial charge in [-0.15, -0.1) is 0 Å². The summed E-state index contributed by atoms with van der Waals surface area (Å²) in [6.07, 6.45) is 9.71. The van der Waals surface area contributed by atoms with Crippen molar-refractivity contribution in [1.82, 2.24) is 0 Å². The van der Waals surface area contributed by atoms with Gasteiger partial charge in [-0.25, -0.2) is 0 Å². The molecule has 1 saturated carbocycles. The van der Waals surface area contributed by atoms with Crippen molar-refractivity contribution in [2.45, 2.75) is 51.9 Å². The van der Waals surface area contributed by atoms with Crippen LogP contribution in [0.4, 0.5) is 0 Å². The molecule has 0 aliphatic heterocycles. The van der Waals surface area contributed by atoms with Crippen LogP contribution in [-0.4, -0.2) is 11.6 Å². The Bertz CT molecular complexity index is 498. The van der Waals surface area contributed by atoms with E-state index in [-0.39, 0.29) is 11.6 Å². The summed E-state index contributed by atoms with van der Waals surface area (Å²) in [4.78, 5) is 24.0. The van der Waals surface area contributed by atoms with Gasteiger partial charge in [-0.05, 0) is 44.6 Å². The zero-order valence-electron chi connectivity index (χ0n) is 12.8. The van der Waals surface area contributed by atoms with E-state index in [1.165, 1.54) is 5.56 Å². The maximum absolute atomic E-state index is 12.0. The van der Waals surface area contributed by atoms with Crippen LogP contribution < -0.4 is 0 Å². The lowest BCUT2D eigenvalue weighted by molar-refractivity contribution is -0.142. The predicted octanol–water partition coefficient (Wildman–Crippen LogP) is 4.28. The van der Waals surface area contributed by atoms with Crippen LogP contribution >= 0.6 is 0 Å². The first kappa shape index (κ1) is 15.7. The highest BCUT2D eigenvalue weighted by Crippen LogP contribution is 2.33. The van der Waals surface area contributed by atoms with E-state index >= 15 is 0 Å². The molecule has 0 atom stereocenters. The standard InChI is InChI=1S/C19H24O2/c1-19(17(20)13-9-14-18(19)21)15-8-3-2-5-10-16-11-6-4-7-12-16/h3-4,6-8,11-12H,2,5,9-10,13-15H2,1H3/b8-3+. The first-order valence-corrected chi connectivity index (χ1v) is 7.88. The molecule has 1 aliphatic carbocycles. The average molecular weight is 284 g/mol. The van der Waals surface area contributed by atoms with E-state index in [9.17, 15) is 9.59 Å². The Morgan fingerprint density at radius 1 is 1.05 bits per heavy atom. The third-order valence-corrected chi connectivity index (χ3v) is 4.41. The molecular formula is C19H24O2. The minimum absolute atomic E-state index is 0.118. The summed E-state index contributed by atoms with van der Waals surface area (Å²) in [6, 6.07) is 10.4. The molecule has 0 radical (unpaired) electrons. The van der Waals surface area contributed by atoms with Gasteiger partial charge in [0.2, 0.25) is 0 Å². The minimum Gasteiger partial charge on any atom is -0.299 e. The molecule has 0 unspecified atom stereocenters. The second kappa shape index (κ2) is 7.35. The number of carbonyl (C=O) groups is 2. The molecule has 21 heavy (non-hydrogen) atoms. The lowest BCUT2D eigenvalue weighted by atomic mass is 9.71. The maximum atomic E-state index is 12.0. The van der Waals surface area contributed by atoms with Gasteiger partial charge in [0.05, 0.1) is 5.41 Å². The third-order valence-electron chi connectivity index (χ3n) is 4.41. The van der Waals surface area contributed by atoms with E-state index in [4.69, 9.17) is 0 Å². The molecule has 0 bridgehead atoms. The molecule has 2 rings (SSSR count). The van der Waals surface area contributed by atoms with Gasteiger partial charge in [0, 0.05) is 12.8 Å². The van der Waals surface area contributed by atoms with E-state index in [1.807, 2.05) is 19.1 Å². The van der Waals surface area contributed by atoms with Crippen LogP contribution in [0.1, 0.15) is 51.0 Å². The van der Waals surface area contributed by atoms with Crippen LogP contribution in [0.5, 0.6) is 0 Å². The number of carbonyl (C=O) groups excluding carboxylic acids is 2. The number of aryl methyl sites for hydroxylation is 1. The van der Waals surface area contributed by atoms with Crippen molar-refractivity contribution >= 4 is 11.6 Å². The maximum Gasteiger partial charge on any atom is 0.146 e. The molecule has 2 heteroatoms. The number of ketones is 2. The van der Waals surface area contributed by atoms with Crippen LogP contribution in [0.3, 0.4) is 0 Å². The molecule has 1 fully saturated rings. The highest BCUT2D eigenvalue weighted by molar-refractivity contribution is 6.08. The summed E-state index contributed by atoms with van der Waals surface area (Å²) in [7, 11) is 0. The third kappa shape index (κ3) is 4.13. The fourth-order valence-corrected chi connectivity index (χ4v) is 2.85. The number of allylic oxidation sites excluding steroid dienone is 2. The van der Waals surface area contributed by atoms with Crippen molar-refractivity contribution in [2.75, 3.05) is 0 Å². The molecule has 0 aromatic heterocycles. The van der Waals surface area contributed by atoms with Crippen molar-refractivity contribution < 1.29 is 9.59 Å². The Morgan fingerprint density at radius 2 is 1.71 bits per heavy atom.